The van der Waals surface area contributed by atoms with Gasteiger partial charge in [-0.1, -0.05) is 11.6 Å². The maximum Gasteiger partial charge on any atom is 0.0937 e. The Labute approximate surface area is 102 Å². The summed E-state index contributed by atoms with van der Waals surface area (Å²) >= 11 is 1.75. The molecule has 2 rings (SSSR count). The first-order valence-corrected chi connectivity index (χ1v) is 7.10. The molecule has 0 aliphatic heterocycles. The van der Waals surface area contributed by atoms with E-state index in [1.54, 1.807) is 16.9 Å². The van der Waals surface area contributed by atoms with Crippen molar-refractivity contribution < 1.29 is 0 Å². The summed E-state index contributed by atoms with van der Waals surface area (Å²) in [5, 5.41) is 6.78. The topological polar surface area (TPSA) is 24.9 Å². The Morgan fingerprint density at radius 1 is 1.25 bits per heavy atom. The Balaban J connectivity index is 1.53. The molecule has 0 spiro atoms. The van der Waals surface area contributed by atoms with Crippen LogP contribution in [0.5, 0.6) is 0 Å². The van der Waals surface area contributed by atoms with E-state index in [9.17, 15) is 0 Å². The number of rotatable bonds is 6. The van der Waals surface area contributed by atoms with Crippen LogP contribution in [0.25, 0.3) is 0 Å². The van der Waals surface area contributed by atoms with Gasteiger partial charge in [0, 0.05) is 24.5 Å². The Morgan fingerprint density at radius 2 is 2.19 bits per heavy atom. The summed E-state index contributed by atoms with van der Waals surface area (Å²) in [5.74, 6) is 0. The molecule has 0 atom stereocenters. The molecule has 0 aromatic carbocycles. The van der Waals surface area contributed by atoms with Gasteiger partial charge in [0.2, 0.25) is 0 Å². The first kappa shape index (κ1) is 11.8. The predicted molar refractivity (Wildman–Crippen MR) is 69.9 cm³/mol. The first-order valence-electron chi connectivity index (χ1n) is 6.22. The first-order chi connectivity index (χ1) is 7.95. The molecule has 1 aromatic rings. The lowest BCUT2D eigenvalue weighted by Gasteiger charge is -2.12. The second kappa shape index (κ2) is 6.81. The van der Waals surface area contributed by atoms with E-state index in [2.05, 4.69) is 16.4 Å². The van der Waals surface area contributed by atoms with Gasteiger partial charge < -0.3 is 5.32 Å². The largest absolute Gasteiger partial charge is 0.316 e. The van der Waals surface area contributed by atoms with Gasteiger partial charge in [0.25, 0.3) is 0 Å². The van der Waals surface area contributed by atoms with Gasteiger partial charge in [-0.05, 0) is 38.6 Å². The fourth-order valence-electron chi connectivity index (χ4n) is 2.08. The van der Waals surface area contributed by atoms with E-state index >= 15 is 0 Å². The maximum absolute atomic E-state index is 4.27. The molecule has 1 aromatic heterocycles. The molecular weight excluding hydrogens is 216 g/mol. The zero-order valence-electron chi connectivity index (χ0n) is 9.74. The van der Waals surface area contributed by atoms with Crippen LogP contribution in [0.4, 0.5) is 0 Å². The maximum atomic E-state index is 4.27. The van der Waals surface area contributed by atoms with Gasteiger partial charge in [0.05, 0.1) is 5.01 Å². The van der Waals surface area contributed by atoms with Crippen molar-refractivity contribution in [3.8, 4) is 0 Å². The second-order valence-corrected chi connectivity index (χ2v) is 5.26. The van der Waals surface area contributed by atoms with Gasteiger partial charge in [0.15, 0.2) is 0 Å². The zero-order chi connectivity index (χ0) is 11.1. The number of aromatic nitrogens is 1. The van der Waals surface area contributed by atoms with Crippen molar-refractivity contribution in [1.29, 1.82) is 0 Å². The van der Waals surface area contributed by atoms with E-state index < -0.39 is 0 Å². The summed E-state index contributed by atoms with van der Waals surface area (Å²) < 4.78 is 0. The van der Waals surface area contributed by atoms with Crippen LogP contribution >= 0.6 is 11.3 Å². The van der Waals surface area contributed by atoms with Crippen LogP contribution in [0, 0.1) is 0 Å². The predicted octanol–water partition coefficient (Wildman–Crippen LogP) is 3.17. The molecule has 2 nitrogen and oxygen atoms in total. The quantitative estimate of drug-likeness (QED) is 0.606. The number of nitrogens with zero attached hydrogens (tertiary/aromatic N) is 1. The van der Waals surface area contributed by atoms with Crippen molar-refractivity contribution in [1.82, 2.24) is 10.3 Å². The van der Waals surface area contributed by atoms with Crippen LogP contribution in [0.3, 0.4) is 0 Å². The Kier molecular flexibility index (Phi) is 5.03. The van der Waals surface area contributed by atoms with E-state index in [0.29, 0.717) is 0 Å². The van der Waals surface area contributed by atoms with Crippen molar-refractivity contribution in [2.45, 2.75) is 38.5 Å². The molecule has 88 valence electrons. The molecule has 1 aliphatic rings. The van der Waals surface area contributed by atoms with Crippen LogP contribution in [0.1, 0.15) is 37.1 Å². The smallest absolute Gasteiger partial charge is 0.0937 e. The SMILES string of the molecule is C1=C(CCNCCc2nccs2)CCCC1. The highest BCUT2D eigenvalue weighted by molar-refractivity contribution is 7.09. The third-order valence-corrected chi connectivity index (χ3v) is 3.85. The van der Waals surface area contributed by atoms with Crippen LogP contribution in [-0.2, 0) is 6.42 Å². The number of hydrogen-bond donors (Lipinski definition) is 1. The minimum atomic E-state index is 1.06. The standard InChI is InChI=1S/C13H20N2S/c1-2-4-12(5-3-1)6-8-14-9-7-13-15-10-11-16-13/h4,10-11,14H,1-3,5-9H2. The fourth-order valence-corrected chi connectivity index (χ4v) is 2.70. The van der Waals surface area contributed by atoms with Gasteiger partial charge in [-0.15, -0.1) is 11.3 Å². The van der Waals surface area contributed by atoms with E-state index in [-0.39, 0.29) is 0 Å². The van der Waals surface area contributed by atoms with Crippen molar-refractivity contribution in [3.05, 3.63) is 28.2 Å². The minimum absolute atomic E-state index is 1.06. The van der Waals surface area contributed by atoms with Crippen LogP contribution in [0.2, 0.25) is 0 Å². The second-order valence-electron chi connectivity index (χ2n) is 4.28. The molecule has 16 heavy (non-hydrogen) atoms. The van der Waals surface area contributed by atoms with Gasteiger partial charge in [-0.3, -0.25) is 0 Å². The normalized spacial score (nSPS) is 16.1. The molecule has 1 heterocycles. The van der Waals surface area contributed by atoms with Crippen molar-refractivity contribution in [2.75, 3.05) is 13.1 Å². The lowest BCUT2D eigenvalue weighted by Crippen LogP contribution is -2.19. The average molecular weight is 236 g/mol. The highest BCUT2D eigenvalue weighted by Crippen LogP contribution is 2.19. The molecular formula is C13H20N2S. The molecule has 0 saturated heterocycles. The van der Waals surface area contributed by atoms with Gasteiger partial charge in [-0.2, -0.15) is 0 Å². The van der Waals surface area contributed by atoms with Crippen molar-refractivity contribution in [3.63, 3.8) is 0 Å². The molecule has 0 saturated carbocycles. The molecule has 0 unspecified atom stereocenters. The summed E-state index contributed by atoms with van der Waals surface area (Å²) in [6.07, 6.45) is 12.0. The molecule has 1 N–H and O–H groups in total. The summed E-state index contributed by atoms with van der Waals surface area (Å²) in [5.41, 5.74) is 1.66. The Bertz CT molecular complexity index is 317. The van der Waals surface area contributed by atoms with E-state index in [1.807, 2.05) is 11.6 Å². The summed E-state index contributed by atoms with van der Waals surface area (Å²) in [6.45, 7) is 2.18. The Morgan fingerprint density at radius 3 is 2.94 bits per heavy atom. The highest BCUT2D eigenvalue weighted by Gasteiger charge is 2.02. The van der Waals surface area contributed by atoms with Gasteiger partial charge >= 0.3 is 0 Å². The van der Waals surface area contributed by atoms with Crippen molar-refractivity contribution in [2.24, 2.45) is 0 Å². The molecule has 1 aliphatic carbocycles. The molecule has 0 fully saturated rings. The molecule has 0 radical (unpaired) electrons. The fraction of sp³-hybridized carbons (Fsp3) is 0.615. The molecule has 0 amide bonds. The molecule has 3 heteroatoms. The number of hydrogen-bond acceptors (Lipinski definition) is 3. The third kappa shape index (κ3) is 4.06. The molecule has 0 bridgehead atoms. The number of nitrogens with one attached hydrogen (secondary N) is 1. The minimum Gasteiger partial charge on any atom is -0.316 e. The van der Waals surface area contributed by atoms with Crippen molar-refractivity contribution >= 4 is 11.3 Å². The summed E-state index contributed by atoms with van der Waals surface area (Å²) in [6, 6.07) is 0. The summed E-state index contributed by atoms with van der Waals surface area (Å²) in [4.78, 5) is 4.27. The lowest BCUT2D eigenvalue weighted by atomic mass is 9.97. The van der Waals surface area contributed by atoms with Gasteiger partial charge in [-0.25, -0.2) is 4.98 Å². The van der Waals surface area contributed by atoms with E-state index in [1.165, 1.54) is 37.1 Å². The number of allylic oxidation sites excluding steroid dienone is 1. The van der Waals surface area contributed by atoms with E-state index in [0.717, 1.165) is 19.5 Å². The van der Waals surface area contributed by atoms with Gasteiger partial charge in [0.1, 0.15) is 0 Å². The monoisotopic (exact) mass is 236 g/mol. The zero-order valence-corrected chi connectivity index (χ0v) is 10.6. The Hall–Kier alpha value is -0.670. The third-order valence-electron chi connectivity index (χ3n) is 3.01. The average Bonchev–Trinajstić information content (AvgIpc) is 2.83. The van der Waals surface area contributed by atoms with Crippen LogP contribution in [0.15, 0.2) is 23.2 Å². The van der Waals surface area contributed by atoms with Crippen LogP contribution < -0.4 is 5.32 Å². The highest BCUT2D eigenvalue weighted by atomic mass is 32.1. The number of thiazole rings is 1. The van der Waals surface area contributed by atoms with Crippen LogP contribution in [-0.4, -0.2) is 18.1 Å². The summed E-state index contributed by atoms with van der Waals surface area (Å²) in [7, 11) is 0. The lowest BCUT2D eigenvalue weighted by molar-refractivity contribution is 0.631. The van der Waals surface area contributed by atoms with E-state index in [4.69, 9.17) is 0 Å².